The van der Waals surface area contributed by atoms with Gasteiger partial charge in [0.05, 0.1) is 5.69 Å². The molecule has 1 aromatic rings. The highest BCUT2D eigenvalue weighted by molar-refractivity contribution is 5.07. The summed E-state index contributed by atoms with van der Waals surface area (Å²) in [6.45, 7) is 9.09. The third kappa shape index (κ3) is 3.75. The molecule has 0 fully saturated rings. The van der Waals surface area contributed by atoms with Gasteiger partial charge in [-0.05, 0) is 19.4 Å². The van der Waals surface area contributed by atoms with E-state index in [1.807, 2.05) is 13.0 Å². The van der Waals surface area contributed by atoms with Crippen LogP contribution in [0.5, 0.6) is 0 Å². The standard InChI is InChI=1S/C13H23N3O/c1-6-13(4,17-5)12-14-8-7-11(16-12)9-15-10(2)3/h7-8,10,15H,6,9H2,1-5H3. The first-order chi connectivity index (χ1) is 8.01. The summed E-state index contributed by atoms with van der Waals surface area (Å²) in [7, 11) is 1.70. The molecule has 1 atom stereocenters. The van der Waals surface area contributed by atoms with Gasteiger partial charge < -0.3 is 10.1 Å². The van der Waals surface area contributed by atoms with Crippen LogP contribution in [-0.2, 0) is 16.9 Å². The summed E-state index contributed by atoms with van der Waals surface area (Å²) in [5.41, 5.74) is 0.605. The second-order valence-corrected chi connectivity index (χ2v) is 4.70. The average Bonchev–Trinajstić information content (AvgIpc) is 2.35. The Morgan fingerprint density at radius 3 is 2.71 bits per heavy atom. The fraction of sp³-hybridized carbons (Fsp3) is 0.692. The lowest BCUT2D eigenvalue weighted by molar-refractivity contribution is -0.00918. The van der Waals surface area contributed by atoms with Crippen LogP contribution in [0.1, 0.15) is 45.6 Å². The third-order valence-corrected chi connectivity index (χ3v) is 3.00. The van der Waals surface area contributed by atoms with Gasteiger partial charge in [-0.25, -0.2) is 9.97 Å². The van der Waals surface area contributed by atoms with Crippen LogP contribution in [0.4, 0.5) is 0 Å². The van der Waals surface area contributed by atoms with E-state index in [2.05, 4.69) is 36.1 Å². The van der Waals surface area contributed by atoms with Crippen molar-refractivity contribution in [3.8, 4) is 0 Å². The van der Waals surface area contributed by atoms with Crippen molar-refractivity contribution in [2.45, 2.75) is 52.3 Å². The summed E-state index contributed by atoms with van der Waals surface area (Å²) in [6, 6.07) is 2.39. The second-order valence-electron chi connectivity index (χ2n) is 4.70. The zero-order valence-corrected chi connectivity index (χ0v) is 11.4. The molecule has 4 heteroatoms. The summed E-state index contributed by atoms with van der Waals surface area (Å²) in [4.78, 5) is 8.88. The number of hydrogen-bond donors (Lipinski definition) is 1. The number of hydrogen-bond acceptors (Lipinski definition) is 4. The van der Waals surface area contributed by atoms with Crippen molar-refractivity contribution in [3.63, 3.8) is 0 Å². The maximum Gasteiger partial charge on any atom is 0.160 e. The average molecular weight is 237 g/mol. The molecule has 1 heterocycles. The molecule has 0 spiro atoms. The van der Waals surface area contributed by atoms with Gasteiger partial charge >= 0.3 is 0 Å². The number of ether oxygens (including phenoxy) is 1. The second kappa shape index (κ2) is 6.07. The SMILES string of the molecule is CCC(C)(OC)c1nccc(CNC(C)C)n1. The predicted octanol–water partition coefficient (Wildman–Crippen LogP) is 2.25. The number of nitrogens with one attached hydrogen (secondary N) is 1. The summed E-state index contributed by atoms with van der Waals surface area (Å²) in [5.74, 6) is 0.755. The lowest BCUT2D eigenvalue weighted by Gasteiger charge is -2.25. The summed E-state index contributed by atoms with van der Waals surface area (Å²) in [5, 5.41) is 3.35. The van der Waals surface area contributed by atoms with Crippen LogP contribution in [0.2, 0.25) is 0 Å². The van der Waals surface area contributed by atoms with Crippen LogP contribution in [0.15, 0.2) is 12.3 Å². The molecular formula is C13H23N3O. The van der Waals surface area contributed by atoms with E-state index in [4.69, 9.17) is 4.74 Å². The first-order valence-corrected chi connectivity index (χ1v) is 6.12. The van der Waals surface area contributed by atoms with Gasteiger partial charge in [0.1, 0.15) is 5.60 Å². The molecule has 1 rings (SSSR count). The van der Waals surface area contributed by atoms with Gasteiger partial charge in [-0.2, -0.15) is 0 Å². The van der Waals surface area contributed by atoms with Crippen LogP contribution in [0.25, 0.3) is 0 Å². The van der Waals surface area contributed by atoms with Crippen molar-refractivity contribution >= 4 is 0 Å². The Morgan fingerprint density at radius 1 is 1.47 bits per heavy atom. The van der Waals surface area contributed by atoms with Gasteiger partial charge in [-0.1, -0.05) is 20.8 Å². The highest BCUT2D eigenvalue weighted by Crippen LogP contribution is 2.24. The number of nitrogens with zero attached hydrogens (tertiary/aromatic N) is 2. The first kappa shape index (κ1) is 14.1. The minimum Gasteiger partial charge on any atom is -0.371 e. The van der Waals surface area contributed by atoms with E-state index >= 15 is 0 Å². The lowest BCUT2D eigenvalue weighted by atomic mass is 10.0. The van der Waals surface area contributed by atoms with Crippen LogP contribution < -0.4 is 5.32 Å². The molecule has 0 amide bonds. The van der Waals surface area contributed by atoms with Gasteiger partial charge in [0.25, 0.3) is 0 Å². The van der Waals surface area contributed by atoms with E-state index in [-0.39, 0.29) is 0 Å². The van der Waals surface area contributed by atoms with Crippen molar-refractivity contribution in [2.24, 2.45) is 0 Å². The molecule has 0 saturated heterocycles. The molecule has 17 heavy (non-hydrogen) atoms. The Kier molecular flexibility index (Phi) is 5.02. The molecule has 0 bridgehead atoms. The van der Waals surface area contributed by atoms with E-state index in [0.717, 1.165) is 24.5 Å². The van der Waals surface area contributed by atoms with E-state index in [0.29, 0.717) is 6.04 Å². The molecule has 0 aliphatic rings. The summed E-state index contributed by atoms with van der Waals surface area (Å²) >= 11 is 0. The van der Waals surface area contributed by atoms with Gasteiger partial charge in [-0.15, -0.1) is 0 Å². The predicted molar refractivity (Wildman–Crippen MR) is 68.7 cm³/mol. The highest BCUT2D eigenvalue weighted by Gasteiger charge is 2.27. The Hall–Kier alpha value is -1.00. The Labute approximate surface area is 104 Å². The molecule has 1 N–H and O–H groups in total. The zero-order chi connectivity index (χ0) is 12.9. The van der Waals surface area contributed by atoms with E-state index in [1.165, 1.54) is 0 Å². The number of rotatable bonds is 6. The van der Waals surface area contributed by atoms with Crippen LogP contribution in [0.3, 0.4) is 0 Å². The Balaban J connectivity index is 2.85. The molecule has 0 aliphatic heterocycles. The molecule has 0 aliphatic carbocycles. The largest absolute Gasteiger partial charge is 0.371 e. The quantitative estimate of drug-likeness (QED) is 0.824. The molecule has 0 aromatic carbocycles. The zero-order valence-electron chi connectivity index (χ0n) is 11.4. The minimum atomic E-state index is -0.395. The van der Waals surface area contributed by atoms with Crippen LogP contribution in [0, 0.1) is 0 Å². The molecule has 4 nitrogen and oxygen atoms in total. The van der Waals surface area contributed by atoms with Gasteiger partial charge in [-0.3, -0.25) is 0 Å². The Bertz CT molecular complexity index is 348. The van der Waals surface area contributed by atoms with Crippen LogP contribution in [-0.4, -0.2) is 23.1 Å². The molecule has 0 radical (unpaired) electrons. The third-order valence-electron chi connectivity index (χ3n) is 3.00. The highest BCUT2D eigenvalue weighted by atomic mass is 16.5. The topological polar surface area (TPSA) is 47.0 Å². The van der Waals surface area contributed by atoms with E-state index < -0.39 is 5.60 Å². The van der Waals surface area contributed by atoms with E-state index in [9.17, 15) is 0 Å². The summed E-state index contributed by atoms with van der Waals surface area (Å²) < 4.78 is 5.51. The van der Waals surface area contributed by atoms with Crippen molar-refractivity contribution < 1.29 is 4.74 Å². The van der Waals surface area contributed by atoms with Crippen molar-refractivity contribution in [3.05, 3.63) is 23.8 Å². The molecule has 1 unspecified atom stereocenters. The van der Waals surface area contributed by atoms with E-state index in [1.54, 1.807) is 13.3 Å². The summed E-state index contributed by atoms with van der Waals surface area (Å²) in [6.07, 6.45) is 2.65. The van der Waals surface area contributed by atoms with Crippen molar-refractivity contribution in [1.82, 2.24) is 15.3 Å². The van der Waals surface area contributed by atoms with Crippen LogP contribution >= 0.6 is 0 Å². The normalized spacial score (nSPS) is 14.9. The van der Waals surface area contributed by atoms with Gasteiger partial charge in [0, 0.05) is 25.9 Å². The molecule has 1 aromatic heterocycles. The minimum absolute atomic E-state index is 0.395. The fourth-order valence-corrected chi connectivity index (χ4v) is 1.45. The first-order valence-electron chi connectivity index (χ1n) is 6.12. The number of methoxy groups -OCH3 is 1. The van der Waals surface area contributed by atoms with Crippen molar-refractivity contribution in [2.75, 3.05) is 7.11 Å². The fourth-order valence-electron chi connectivity index (χ4n) is 1.45. The molecule has 0 saturated carbocycles. The molecule has 96 valence electrons. The maximum atomic E-state index is 5.51. The smallest absolute Gasteiger partial charge is 0.160 e. The lowest BCUT2D eigenvalue weighted by Crippen LogP contribution is -2.28. The molecular weight excluding hydrogens is 214 g/mol. The monoisotopic (exact) mass is 237 g/mol. The maximum absolute atomic E-state index is 5.51. The van der Waals surface area contributed by atoms with Crippen molar-refractivity contribution in [1.29, 1.82) is 0 Å². The number of aromatic nitrogens is 2. The van der Waals surface area contributed by atoms with Gasteiger partial charge in [0.15, 0.2) is 5.82 Å². The Morgan fingerprint density at radius 2 is 2.18 bits per heavy atom. The van der Waals surface area contributed by atoms with Gasteiger partial charge in [0.2, 0.25) is 0 Å².